The van der Waals surface area contributed by atoms with Gasteiger partial charge in [-0.2, -0.15) is 0 Å². The molecular weight excluding hydrogens is 606 g/mol. The molecule has 0 atom stereocenters. The predicted octanol–water partition coefficient (Wildman–Crippen LogP) is 6.05. The number of aromatic hydroxyl groups is 1. The first-order valence-electron chi connectivity index (χ1n) is 9.73. The molecule has 0 spiro atoms. The number of anilines is 1. The maximum absolute atomic E-state index is 11.4. The van der Waals surface area contributed by atoms with Crippen LogP contribution >= 0.6 is 44.1 Å². The Kier molecular flexibility index (Phi) is 7.14. The van der Waals surface area contributed by atoms with Crippen LogP contribution in [-0.2, 0) is 16.6 Å². The van der Waals surface area contributed by atoms with Crippen LogP contribution in [0.25, 0.3) is 10.9 Å². The van der Waals surface area contributed by atoms with E-state index in [2.05, 4.69) is 47.4 Å². The summed E-state index contributed by atoms with van der Waals surface area (Å²) >= 11 is 12.3. The summed E-state index contributed by atoms with van der Waals surface area (Å²) < 4.78 is 26.1. The molecule has 1 aromatic heterocycles. The van der Waals surface area contributed by atoms with Gasteiger partial charge in [-0.25, -0.2) is 13.6 Å². The average Bonchev–Trinajstić information content (AvgIpc) is 3.03. The second-order valence-electron chi connectivity index (χ2n) is 7.23. The molecule has 0 saturated carbocycles. The molecule has 1 heterocycles. The third-order valence-electron chi connectivity index (χ3n) is 4.88. The Bertz CT molecular complexity index is 1520. The Morgan fingerprint density at radius 3 is 2.41 bits per heavy atom. The minimum absolute atomic E-state index is 0.0158. The van der Waals surface area contributed by atoms with Crippen molar-refractivity contribution in [3.05, 3.63) is 81.2 Å². The molecule has 0 aliphatic carbocycles. The first kappa shape index (κ1) is 24.5. The summed E-state index contributed by atoms with van der Waals surface area (Å²) in [4.78, 5) is -0.0158. The van der Waals surface area contributed by atoms with Crippen LogP contribution in [-0.4, -0.2) is 23.2 Å². The maximum atomic E-state index is 11.4. The van der Waals surface area contributed by atoms with Crippen LogP contribution in [0.3, 0.4) is 0 Å². The van der Waals surface area contributed by atoms with Crippen molar-refractivity contribution < 1.29 is 13.5 Å². The lowest BCUT2D eigenvalue weighted by Gasteiger charge is -2.08. The van der Waals surface area contributed by atoms with E-state index in [4.69, 9.17) is 17.4 Å². The molecule has 0 aliphatic heterocycles. The summed E-state index contributed by atoms with van der Waals surface area (Å²) in [5.74, 6) is -0.0540. The number of hydrogen-bond acceptors (Lipinski definition) is 5. The van der Waals surface area contributed by atoms with Gasteiger partial charge in [0.25, 0.3) is 0 Å². The Morgan fingerprint density at radius 2 is 1.76 bits per heavy atom. The summed E-state index contributed by atoms with van der Waals surface area (Å²) in [7, 11) is -3.79. The number of halogens is 2. The molecule has 0 unspecified atom stereocenters. The fraction of sp³-hybridized carbons (Fsp3) is 0.0455. The highest BCUT2D eigenvalue weighted by molar-refractivity contribution is 9.11. The molecule has 0 saturated heterocycles. The Hall–Kier alpha value is -2.64. The standard InChI is InChI=1S/C22H17Br2N5O3S2/c23-14-10-17-19(27-28-22(33)26-15-6-8-16(9-7-15)34(25,31)32)21(30)29(20(17)18(24)11-14)12-13-4-2-1-3-5-13/h1-11,30H,12H2,(H,26,33)(H2,25,31,32). The van der Waals surface area contributed by atoms with Crippen molar-refractivity contribution in [2.45, 2.75) is 11.4 Å². The van der Waals surface area contributed by atoms with Crippen LogP contribution in [0.1, 0.15) is 5.56 Å². The van der Waals surface area contributed by atoms with Gasteiger partial charge in [-0.1, -0.05) is 46.3 Å². The molecule has 12 heteroatoms. The second kappa shape index (κ2) is 9.92. The van der Waals surface area contributed by atoms with Gasteiger partial charge in [0.1, 0.15) is 0 Å². The van der Waals surface area contributed by atoms with Crippen LogP contribution < -0.4 is 10.5 Å². The van der Waals surface area contributed by atoms with E-state index in [1.54, 1.807) is 4.57 Å². The summed E-state index contributed by atoms with van der Waals surface area (Å²) in [5, 5.41) is 28.0. The molecule has 0 amide bonds. The van der Waals surface area contributed by atoms with Gasteiger partial charge in [-0.05, 0) is 70.1 Å². The summed E-state index contributed by atoms with van der Waals surface area (Å²) in [6, 6.07) is 19.2. The Balaban J connectivity index is 1.66. The number of thiocarbonyl (C=S) groups is 1. The third-order valence-corrected chi connectivity index (χ3v) is 7.05. The zero-order valence-corrected chi connectivity index (χ0v) is 22.1. The van der Waals surface area contributed by atoms with Crippen molar-refractivity contribution in [2.75, 3.05) is 5.32 Å². The van der Waals surface area contributed by atoms with Gasteiger partial charge in [0, 0.05) is 20.0 Å². The fourth-order valence-electron chi connectivity index (χ4n) is 3.37. The van der Waals surface area contributed by atoms with Gasteiger partial charge in [0.05, 0.1) is 17.0 Å². The normalized spacial score (nSPS) is 11.9. The van der Waals surface area contributed by atoms with E-state index in [9.17, 15) is 13.5 Å². The van der Waals surface area contributed by atoms with Crippen molar-refractivity contribution >= 4 is 81.5 Å². The van der Waals surface area contributed by atoms with Crippen LogP contribution in [0.4, 0.5) is 11.4 Å². The quantitative estimate of drug-likeness (QED) is 0.185. The van der Waals surface area contributed by atoms with E-state index < -0.39 is 10.0 Å². The molecular formula is C22H17Br2N5O3S2. The van der Waals surface area contributed by atoms with Crippen LogP contribution in [0.15, 0.2) is 90.8 Å². The summed E-state index contributed by atoms with van der Waals surface area (Å²) in [6.07, 6.45) is 0. The lowest BCUT2D eigenvalue weighted by Crippen LogP contribution is -2.12. The lowest BCUT2D eigenvalue weighted by molar-refractivity contribution is 0.429. The molecule has 34 heavy (non-hydrogen) atoms. The molecule has 4 N–H and O–H groups in total. The number of benzene rings is 3. The smallest absolute Gasteiger partial charge is 0.238 e. The van der Waals surface area contributed by atoms with Crippen molar-refractivity contribution in [1.82, 2.24) is 4.57 Å². The third kappa shape index (κ3) is 5.36. The highest BCUT2D eigenvalue weighted by Gasteiger charge is 2.20. The Labute approximate surface area is 217 Å². The lowest BCUT2D eigenvalue weighted by atomic mass is 10.2. The zero-order valence-electron chi connectivity index (χ0n) is 17.3. The fourth-order valence-corrected chi connectivity index (χ4v) is 5.48. The number of aromatic nitrogens is 1. The van der Waals surface area contributed by atoms with Crippen LogP contribution in [0, 0.1) is 0 Å². The molecule has 3 aromatic carbocycles. The van der Waals surface area contributed by atoms with Gasteiger partial charge in [0.15, 0.2) is 5.69 Å². The van der Waals surface area contributed by atoms with Crippen LogP contribution in [0.2, 0.25) is 0 Å². The number of primary sulfonamides is 1. The first-order chi connectivity index (χ1) is 16.1. The van der Waals surface area contributed by atoms with E-state index in [1.165, 1.54) is 24.3 Å². The Morgan fingerprint density at radius 1 is 1.09 bits per heavy atom. The predicted molar refractivity (Wildman–Crippen MR) is 143 cm³/mol. The minimum Gasteiger partial charge on any atom is -0.493 e. The second-order valence-corrected chi connectivity index (χ2v) is 10.9. The van der Waals surface area contributed by atoms with E-state index in [-0.39, 0.29) is 21.6 Å². The molecule has 0 fully saturated rings. The van der Waals surface area contributed by atoms with E-state index in [1.807, 2.05) is 42.5 Å². The summed E-state index contributed by atoms with van der Waals surface area (Å²) in [6.45, 7) is 0.429. The van der Waals surface area contributed by atoms with E-state index in [0.29, 0.717) is 17.6 Å². The highest BCUT2D eigenvalue weighted by atomic mass is 79.9. The van der Waals surface area contributed by atoms with Gasteiger partial charge < -0.3 is 15.0 Å². The number of rotatable bonds is 5. The number of hydrogen-bond donors (Lipinski definition) is 3. The molecule has 4 aromatic rings. The van der Waals surface area contributed by atoms with Crippen molar-refractivity contribution in [1.29, 1.82) is 0 Å². The number of fused-ring (bicyclic) bond motifs is 1. The molecule has 174 valence electrons. The SMILES string of the molecule is NS(=O)(=O)c1ccc(NC(=S)N=Nc2c(O)n(Cc3ccccc3)c3c(Br)cc(Br)cc23)cc1. The average molecular weight is 623 g/mol. The van der Waals surface area contributed by atoms with Gasteiger partial charge >= 0.3 is 0 Å². The minimum atomic E-state index is -3.79. The molecule has 4 rings (SSSR count). The van der Waals surface area contributed by atoms with Crippen LogP contribution in [0.5, 0.6) is 5.88 Å². The van der Waals surface area contributed by atoms with Gasteiger partial charge in [0.2, 0.25) is 21.0 Å². The van der Waals surface area contributed by atoms with Gasteiger partial charge in [-0.15, -0.1) is 10.2 Å². The highest BCUT2D eigenvalue weighted by Crippen LogP contribution is 2.43. The number of azo groups is 1. The number of nitrogens with one attached hydrogen (secondary N) is 1. The van der Waals surface area contributed by atoms with Crippen molar-refractivity contribution in [3.8, 4) is 5.88 Å². The molecule has 0 aliphatic rings. The molecule has 8 nitrogen and oxygen atoms in total. The van der Waals surface area contributed by atoms with E-state index >= 15 is 0 Å². The maximum Gasteiger partial charge on any atom is 0.238 e. The number of nitrogens with zero attached hydrogens (tertiary/aromatic N) is 3. The van der Waals surface area contributed by atoms with Crippen molar-refractivity contribution in [3.63, 3.8) is 0 Å². The summed E-state index contributed by atoms with van der Waals surface area (Å²) in [5.41, 5.74) is 2.54. The monoisotopic (exact) mass is 621 g/mol. The van der Waals surface area contributed by atoms with Crippen molar-refractivity contribution in [2.24, 2.45) is 15.4 Å². The molecule has 0 radical (unpaired) electrons. The zero-order chi connectivity index (χ0) is 24.5. The molecule has 0 bridgehead atoms. The van der Waals surface area contributed by atoms with E-state index in [0.717, 1.165) is 20.0 Å². The topological polar surface area (TPSA) is 122 Å². The first-order valence-corrected chi connectivity index (χ1v) is 13.3. The van der Waals surface area contributed by atoms with Gasteiger partial charge in [-0.3, -0.25) is 0 Å². The number of sulfonamides is 1. The largest absolute Gasteiger partial charge is 0.493 e. The number of nitrogens with two attached hydrogens (primary N) is 1.